The van der Waals surface area contributed by atoms with Gasteiger partial charge in [0.2, 0.25) is 0 Å². The van der Waals surface area contributed by atoms with Gasteiger partial charge in [-0.2, -0.15) is 0 Å². The molecule has 0 saturated carbocycles. The highest BCUT2D eigenvalue weighted by molar-refractivity contribution is 4.77. The molecule has 0 aromatic rings. The van der Waals surface area contributed by atoms with Gasteiger partial charge in [0, 0.05) is 0 Å². The standard InChI is InChI=1S/C14H28N2.C2H6/c1-12(2)14-5-9-16(10-6-14)8-4-13-3-7-15-11-13;1-2/h12-15H,3-11H2,1-2H3;1-2H3/t13-;/m1./s1. The molecule has 1 N–H and O–H groups in total. The molecule has 0 unspecified atom stereocenters. The number of hydrogen-bond acceptors (Lipinski definition) is 2. The molecule has 0 aliphatic carbocycles. The summed E-state index contributed by atoms with van der Waals surface area (Å²) >= 11 is 0. The summed E-state index contributed by atoms with van der Waals surface area (Å²) in [5.74, 6) is 2.84. The van der Waals surface area contributed by atoms with E-state index in [4.69, 9.17) is 0 Å². The zero-order valence-electron chi connectivity index (χ0n) is 13.0. The Kier molecular flexibility index (Phi) is 7.92. The Hall–Kier alpha value is -0.0800. The topological polar surface area (TPSA) is 15.3 Å². The average molecular weight is 254 g/mol. The van der Waals surface area contributed by atoms with Gasteiger partial charge in [-0.15, -0.1) is 0 Å². The lowest BCUT2D eigenvalue weighted by molar-refractivity contribution is 0.151. The van der Waals surface area contributed by atoms with E-state index in [0.717, 1.165) is 17.8 Å². The van der Waals surface area contributed by atoms with Gasteiger partial charge in [0.1, 0.15) is 0 Å². The first kappa shape index (κ1) is 16.0. The minimum atomic E-state index is 0.890. The monoisotopic (exact) mass is 254 g/mol. The van der Waals surface area contributed by atoms with Crippen molar-refractivity contribution in [2.45, 2.75) is 53.4 Å². The van der Waals surface area contributed by atoms with Crippen LogP contribution >= 0.6 is 0 Å². The molecule has 0 bridgehead atoms. The van der Waals surface area contributed by atoms with E-state index in [-0.39, 0.29) is 0 Å². The average Bonchev–Trinajstić information content (AvgIpc) is 2.92. The van der Waals surface area contributed by atoms with E-state index >= 15 is 0 Å². The van der Waals surface area contributed by atoms with E-state index in [9.17, 15) is 0 Å². The molecule has 2 aliphatic rings. The Bertz CT molecular complexity index is 189. The second kappa shape index (κ2) is 8.92. The normalized spacial score (nSPS) is 26.2. The summed E-state index contributed by atoms with van der Waals surface area (Å²) < 4.78 is 0. The van der Waals surface area contributed by atoms with Gasteiger partial charge in [-0.25, -0.2) is 0 Å². The highest BCUT2D eigenvalue weighted by Crippen LogP contribution is 2.25. The maximum atomic E-state index is 3.46. The molecule has 2 rings (SSSR count). The third kappa shape index (κ3) is 5.27. The lowest BCUT2D eigenvalue weighted by atomic mass is 9.86. The highest BCUT2D eigenvalue weighted by atomic mass is 15.1. The molecular weight excluding hydrogens is 220 g/mol. The molecule has 0 aromatic heterocycles. The van der Waals surface area contributed by atoms with Crippen LogP contribution < -0.4 is 5.32 Å². The molecule has 0 spiro atoms. The van der Waals surface area contributed by atoms with Gasteiger partial charge < -0.3 is 10.2 Å². The lowest BCUT2D eigenvalue weighted by Crippen LogP contribution is -2.36. The fraction of sp³-hybridized carbons (Fsp3) is 1.00. The van der Waals surface area contributed by atoms with Crippen LogP contribution in [0.25, 0.3) is 0 Å². The van der Waals surface area contributed by atoms with Crippen molar-refractivity contribution < 1.29 is 0 Å². The highest BCUT2D eigenvalue weighted by Gasteiger charge is 2.22. The fourth-order valence-electron chi connectivity index (χ4n) is 3.17. The first-order valence-corrected chi connectivity index (χ1v) is 8.19. The second-order valence-electron chi connectivity index (χ2n) is 6.07. The number of piperidine rings is 1. The summed E-state index contributed by atoms with van der Waals surface area (Å²) in [4.78, 5) is 2.69. The molecule has 0 amide bonds. The smallest absolute Gasteiger partial charge is 0.00156 e. The Morgan fingerprint density at radius 1 is 1.11 bits per heavy atom. The molecule has 2 aliphatic heterocycles. The van der Waals surface area contributed by atoms with Crippen LogP contribution in [-0.4, -0.2) is 37.6 Å². The predicted octanol–water partition coefficient (Wildman–Crippen LogP) is 3.38. The maximum Gasteiger partial charge on any atom is -0.00156 e. The van der Waals surface area contributed by atoms with Crippen LogP contribution in [0.15, 0.2) is 0 Å². The van der Waals surface area contributed by atoms with Gasteiger partial charge in [-0.3, -0.25) is 0 Å². The lowest BCUT2D eigenvalue weighted by Gasteiger charge is -2.34. The molecule has 2 nitrogen and oxygen atoms in total. The minimum absolute atomic E-state index is 0.890. The van der Waals surface area contributed by atoms with Crippen molar-refractivity contribution in [1.82, 2.24) is 10.2 Å². The van der Waals surface area contributed by atoms with Crippen LogP contribution in [0.3, 0.4) is 0 Å². The molecular formula is C16H34N2. The van der Waals surface area contributed by atoms with Gasteiger partial charge in [-0.05, 0) is 76.2 Å². The number of nitrogens with zero attached hydrogens (tertiary/aromatic N) is 1. The van der Waals surface area contributed by atoms with Crippen molar-refractivity contribution in [1.29, 1.82) is 0 Å². The van der Waals surface area contributed by atoms with E-state index in [0.29, 0.717) is 0 Å². The molecule has 1 atom stereocenters. The van der Waals surface area contributed by atoms with Crippen molar-refractivity contribution >= 4 is 0 Å². The molecule has 2 heterocycles. The van der Waals surface area contributed by atoms with E-state index < -0.39 is 0 Å². The Balaban J connectivity index is 0.000000771. The largest absolute Gasteiger partial charge is 0.316 e. The van der Waals surface area contributed by atoms with Crippen LogP contribution in [0.4, 0.5) is 0 Å². The molecule has 2 heteroatoms. The zero-order chi connectivity index (χ0) is 13.4. The van der Waals surface area contributed by atoms with Crippen LogP contribution in [0.1, 0.15) is 53.4 Å². The van der Waals surface area contributed by atoms with Gasteiger partial charge in [-0.1, -0.05) is 27.7 Å². The maximum absolute atomic E-state index is 3.46. The zero-order valence-corrected chi connectivity index (χ0v) is 13.0. The van der Waals surface area contributed by atoms with Crippen LogP contribution in [0.2, 0.25) is 0 Å². The van der Waals surface area contributed by atoms with Crippen molar-refractivity contribution in [2.75, 3.05) is 32.7 Å². The Morgan fingerprint density at radius 2 is 1.78 bits per heavy atom. The number of likely N-dealkylation sites (tertiary alicyclic amines) is 1. The van der Waals surface area contributed by atoms with Crippen LogP contribution in [0.5, 0.6) is 0 Å². The molecule has 0 aromatic carbocycles. The molecule has 2 fully saturated rings. The van der Waals surface area contributed by atoms with E-state index in [1.54, 1.807) is 0 Å². The first-order chi connectivity index (χ1) is 8.75. The van der Waals surface area contributed by atoms with Crippen molar-refractivity contribution in [3.8, 4) is 0 Å². The van der Waals surface area contributed by atoms with E-state index in [1.165, 1.54) is 58.4 Å². The van der Waals surface area contributed by atoms with E-state index in [2.05, 4.69) is 24.1 Å². The van der Waals surface area contributed by atoms with Gasteiger partial charge >= 0.3 is 0 Å². The summed E-state index contributed by atoms with van der Waals surface area (Å²) in [5.41, 5.74) is 0. The molecule has 108 valence electrons. The van der Waals surface area contributed by atoms with Crippen LogP contribution in [-0.2, 0) is 0 Å². The van der Waals surface area contributed by atoms with Crippen molar-refractivity contribution in [3.05, 3.63) is 0 Å². The first-order valence-electron chi connectivity index (χ1n) is 8.19. The second-order valence-corrected chi connectivity index (χ2v) is 6.07. The fourth-order valence-corrected chi connectivity index (χ4v) is 3.17. The third-order valence-electron chi connectivity index (χ3n) is 4.59. The molecule has 0 radical (unpaired) electrons. The van der Waals surface area contributed by atoms with Gasteiger partial charge in [0.05, 0.1) is 0 Å². The summed E-state index contributed by atoms with van der Waals surface area (Å²) in [6, 6.07) is 0. The van der Waals surface area contributed by atoms with Crippen LogP contribution in [0, 0.1) is 17.8 Å². The Morgan fingerprint density at radius 3 is 2.28 bits per heavy atom. The minimum Gasteiger partial charge on any atom is -0.316 e. The third-order valence-corrected chi connectivity index (χ3v) is 4.59. The Labute approximate surface area is 115 Å². The summed E-state index contributed by atoms with van der Waals surface area (Å²) in [5, 5.41) is 3.46. The summed E-state index contributed by atoms with van der Waals surface area (Å²) in [6.07, 6.45) is 5.68. The molecule has 2 saturated heterocycles. The summed E-state index contributed by atoms with van der Waals surface area (Å²) in [7, 11) is 0. The number of rotatable bonds is 4. The molecule has 18 heavy (non-hydrogen) atoms. The van der Waals surface area contributed by atoms with Gasteiger partial charge in [0.15, 0.2) is 0 Å². The summed E-state index contributed by atoms with van der Waals surface area (Å²) in [6.45, 7) is 15.3. The SMILES string of the molecule is CC.CC(C)C1CCN(CC[C@H]2CCNC2)CC1. The van der Waals surface area contributed by atoms with Crippen molar-refractivity contribution in [2.24, 2.45) is 17.8 Å². The quantitative estimate of drug-likeness (QED) is 0.827. The van der Waals surface area contributed by atoms with Crippen molar-refractivity contribution in [3.63, 3.8) is 0 Å². The predicted molar refractivity (Wildman–Crippen MR) is 80.9 cm³/mol. The van der Waals surface area contributed by atoms with Gasteiger partial charge in [0.25, 0.3) is 0 Å². The van der Waals surface area contributed by atoms with E-state index in [1.807, 2.05) is 13.8 Å². The number of nitrogens with one attached hydrogen (secondary N) is 1. The number of hydrogen-bond donors (Lipinski definition) is 1.